The van der Waals surface area contributed by atoms with Crippen molar-refractivity contribution in [3.8, 4) is 0 Å². The minimum absolute atomic E-state index is 0.0147. The predicted octanol–water partition coefficient (Wildman–Crippen LogP) is 4.38. The summed E-state index contributed by atoms with van der Waals surface area (Å²) in [6.45, 7) is 11.2. The fourth-order valence-electron chi connectivity index (χ4n) is 5.71. The second-order valence-electron chi connectivity index (χ2n) is 10.9. The van der Waals surface area contributed by atoms with Crippen molar-refractivity contribution in [2.45, 2.75) is 40.0 Å². The molecule has 2 fully saturated rings. The Kier molecular flexibility index (Phi) is 6.80. The molecule has 7 nitrogen and oxygen atoms in total. The van der Waals surface area contributed by atoms with E-state index in [9.17, 15) is 9.59 Å². The molecule has 2 saturated heterocycles. The van der Waals surface area contributed by atoms with Crippen LogP contribution in [-0.2, 0) is 4.79 Å². The van der Waals surface area contributed by atoms with E-state index in [-0.39, 0.29) is 17.2 Å². The second kappa shape index (κ2) is 10.0. The highest BCUT2D eigenvalue weighted by Crippen LogP contribution is 2.42. The maximum atomic E-state index is 13.3. The molecule has 194 valence electrons. The Bertz CT molecular complexity index is 1240. The van der Waals surface area contributed by atoms with Gasteiger partial charge in [-0.2, -0.15) is 0 Å². The number of hydrogen-bond acceptors (Lipinski definition) is 5. The van der Waals surface area contributed by atoms with Gasteiger partial charge in [0, 0.05) is 73.5 Å². The highest BCUT2D eigenvalue weighted by Gasteiger charge is 2.53. The first-order valence-electron chi connectivity index (χ1n) is 13.4. The fourth-order valence-corrected chi connectivity index (χ4v) is 5.71. The zero-order chi connectivity index (χ0) is 26.2. The number of carbonyl (C=O) groups excluding carboxylic acids is 2. The molecule has 7 heteroatoms. The van der Waals surface area contributed by atoms with Gasteiger partial charge in [0.1, 0.15) is 5.84 Å². The van der Waals surface area contributed by atoms with Crippen LogP contribution in [0.1, 0.15) is 54.6 Å². The highest BCUT2D eigenvalue weighted by molar-refractivity contribution is 6.06. The van der Waals surface area contributed by atoms with Crippen LogP contribution in [0.25, 0.3) is 6.08 Å². The maximum absolute atomic E-state index is 13.3. The monoisotopic (exact) mass is 499 g/mol. The summed E-state index contributed by atoms with van der Waals surface area (Å²) < 4.78 is 0. The largest absolute Gasteiger partial charge is 0.387 e. The van der Waals surface area contributed by atoms with Crippen LogP contribution in [0.15, 0.2) is 53.0 Å². The molecular weight excluding hydrogens is 462 g/mol. The summed E-state index contributed by atoms with van der Waals surface area (Å²) in [5.74, 6) is 0.433. The molecule has 0 unspecified atom stereocenters. The van der Waals surface area contributed by atoms with Crippen molar-refractivity contribution < 1.29 is 9.59 Å². The second-order valence-corrected chi connectivity index (χ2v) is 10.9. The van der Waals surface area contributed by atoms with Crippen LogP contribution in [0.5, 0.6) is 0 Å². The van der Waals surface area contributed by atoms with Gasteiger partial charge in [-0.05, 0) is 50.1 Å². The van der Waals surface area contributed by atoms with Crippen LogP contribution < -0.4 is 10.6 Å². The van der Waals surface area contributed by atoms with Crippen LogP contribution in [-0.4, -0.2) is 66.7 Å². The number of fused-ring (bicyclic) bond motifs is 1. The van der Waals surface area contributed by atoms with E-state index in [0.717, 1.165) is 57.7 Å². The number of aliphatic imine (C=N–C) groups is 1. The number of nitrogens with two attached hydrogens (primary N) is 1. The topological polar surface area (TPSA) is 82.2 Å². The van der Waals surface area contributed by atoms with Crippen LogP contribution >= 0.6 is 0 Å². The average Bonchev–Trinajstić information content (AvgIpc) is 3.00. The molecule has 1 spiro atoms. The van der Waals surface area contributed by atoms with Crippen LogP contribution in [0.3, 0.4) is 0 Å². The number of amidine groups is 1. The van der Waals surface area contributed by atoms with E-state index in [1.54, 1.807) is 0 Å². The number of likely N-dealkylation sites (tertiary alicyclic amines) is 1. The Labute approximate surface area is 219 Å². The molecule has 37 heavy (non-hydrogen) atoms. The van der Waals surface area contributed by atoms with Gasteiger partial charge in [-0.1, -0.05) is 37.6 Å². The number of amides is 2. The molecule has 3 aliphatic rings. The van der Waals surface area contributed by atoms with Crippen molar-refractivity contribution >= 4 is 35.1 Å². The normalized spacial score (nSPS) is 17.7. The Morgan fingerprint density at radius 1 is 1.00 bits per heavy atom. The van der Waals surface area contributed by atoms with Gasteiger partial charge in [0.2, 0.25) is 5.91 Å². The Morgan fingerprint density at radius 3 is 2.32 bits per heavy atom. The molecule has 0 aromatic heterocycles. The molecule has 5 rings (SSSR count). The lowest BCUT2D eigenvalue weighted by molar-refractivity contribution is -0.127. The quantitative estimate of drug-likeness (QED) is 0.613. The molecule has 2 amide bonds. The minimum Gasteiger partial charge on any atom is -0.387 e. The van der Waals surface area contributed by atoms with Crippen molar-refractivity contribution in [3.05, 3.63) is 64.7 Å². The number of carbonyl (C=O) groups is 2. The van der Waals surface area contributed by atoms with E-state index < -0.39 is 0 Å². The summed E-state index contributed by atoms with van der Waals surface area (Å²) in [5.41, 5.74) is 11.7. The number of nitrogens with zero attached hydrogens (tertiary/aromatic N) is 4. The van der Waals surface area contributed by atoms with Gasteiger partial charge >= 0.3 is 0 Å². The molecule has 2 aromatic carbocycles. The van der Waals surface area contributed by atoms with Crippen LogP contribution in [0, 0.1) is 12.3 Å². The number of aryl methyl sites for hydroxylation is 1. The summed E-state index contributed by atoms with van der Waals surface area (Å²) >= 11 is 0. The van der Waals surface area contributed by atoms with Crippen molar-refractivity contribution in [2.24, 2.45) is 16.1 Å². The number of benzene rings is 2. The lowest BCUT2D eigenvalue weighted by Gasteiger charge is -2.61. The van der Waals surface area contributed by atoms with Crippen molar-refractivity contribution in [1.82, 2.24) is 9.80 Å². The molecular formula is C30H37N5O2. The minimum atomic E-state index is 0.0147. The SMILES string of the molecule is CCCN(CCC)C(=O)C1=Cc2ccc(C(=O)N3CC4(C3)CN(c3ccc(C)cc3)C4)cc2N=C(N)C1. The third-order valence-corrected chi connectivity index (χ3v) is 7.58. The summed E-state index contributed by atoms with van der Waals surface area (Å²) in [5, 5.41) is 0. The van der Waals surface area contributed by atoms with E-state index in [1.165, 1.54) is 11.3 Å². The maximum Gasteiger partial charge on any atom is 0.253 e. The Morgan fingerprint density at radius 2 is 1.68 bits per heavy atom. The van der Waals surface area contributed by atoms with Gasteiger partial charge < -0.3 is 20.4 Å². The zero-order valence-corrected chi connectivity index (χ0v) is 22.2. The number of hydrogen-bond donors (Lipinski definition) is 1. The standard InChI is InChI=1S/C30H37N5O2/c1-4-12-33(13-5-2)29(37)24-14-22-8-9-23(15-26(22)32-27(31)16-24)28(36)35-19-30(20-35)17-34(18-30)25-10-6-21(3)7-11-25/h6-11,14-15H,4-5,12-13,16-20H2,1-3H3,(H2,31,32). The first-order valence-corrected chi connectivity index (χ1v) is 13.4. The smallest absolute Gasteiger partial charge is 0.253 e. The molecule has 0 atom stereocenters. The first kappa shape index (κ1) is 25.1. The Balaban J connectivity index is 1.26. The molecule has 0 radical (unpaired) electrons. The summed E-state index contributed by atoms with van der Waals surface area (Å²) in [4.78, 5) is 37.2. The van der Waals surface area contributed by atoms with E-state index in [2.05, 4.69) is 54.9 Å². The molecule has 3 aliphatic heterocycles. The van der Waals surface area contributed by atoms with E-state index in [4.69, 9.17) is 5.73 Å². The summed E-state index contributed by atoms with van der Waals surface area (Å²) in [7, 11) is 0. The molecule has 2 N–H and O–H groups in total. The summed E-state index contributed by atoms with van der Waals surface area (Å²) in [6, 6.07) is 14.2. The molecule has 0 bridgehead atoms. The van der Waals surface area contributed by atoms with Crippen molar-refractivity contribution in [1.29, 1.82) is 0 Å². The van der Waals surface area contributed by atoms with Gasteiger partial charge in [-0.15, -0.1) is 0 Å². The predicted molar refractivity (Wildman–Crippen MR) is 149 cm³/mol. The van der Waals surface area contributed by atoms with Gasteiger partial charge in [-0.25, -0.2) is 4.99 Å². The third kappa shape index (κ3) is 4.99. The summed E-state index contributed by atoms with van der Waals surface area (Å²) in [6.07, 6.45) is 4.02. The molecule has 2 aromatic rings. The van der Waals surface area contributed by atoms with Gasteiger partial charge in [-0.3, -0.25) is 9.59 Å². The van der Waals surface area contributed by atoms with E-state index in [1.807, 2.05) is 34.1 Å². The molecule has 0 saturated carbocycles. The third-order valence-electron chi connectivity index (χ3n) is 7.58. The zero-order valence-electron chi connectivity index (χ0n) is 22.2. The van der Waals surface area contributed by atoms with Gasteiger partial charge in [0.25, 0.3) is 5.91 Å². The number of rotatable bonds is 7. The lowest BCUT2D eigenvalue weighted by Crippen LogP contribution is -2.73. The number of anilines is 1. The Hall–Kier alpha value is -3.61. The molecule has 0 aliphatic carbocycles. The van der Waals surface area contributed by atoms with E-state index >= 15 is 0 Å². The molecule has 3 heterocycles. The first-order chi connectivity index (χ1) is 17.8. The van der Waals surface area contributed by atoms with Gasteiger partial charge in [0.15, 0.2) is 0 Å². The van der Waals surface area contributed by atoms with Crippen LogP contribution in [0.2, 0.25) is 0 Å². The van der Waals surface area contributed by atoms with Gasteiger partial charge in [0.05, 0.1) is 5.69 Å². The highest BCUT2D eigenvalue weighted by atomic mass is 16.2. The van der Waals surface area contributed by atoms with Crippen molar-refractivity contribution in [2.75, 3.05) is 44.2 Å². The lowest BCUT2D eigenvalue weighted by atomic mass is 9.72. The van der Waals surface area contributed by atoms with Crippen LogP contribution in [0.4, 0.5) is 11.4 Å². The fraction of sp³-hybridized carbons (Fsp3) is 0.433. The average molecular weight is 500 g/mol. The van der Waals surface area contributed by atoms with E-state index in [0.29, 0.717) is 29.1 Å². The van der Waals surface area contributed by atoms with Crippen molar-refractivity contribution in [3.63, 3.8) is 0 Å².